The van der Waals surface area contributed by atoms with Crippen LogP contribution in [0.5, 0.6) is 0 Å². The summed E-state index contributed by atoms with van der Waals surface area (Å²) in [4.78, 5) is 23.0. The first-order chi connectivity index (χ1) is 9.72. The number of hydrogen-bond acceptors (Lipinski definition) is 5. The van der Waals surface area contributed by atoms with E-state index in [0.29, 0.717) is 6.61 Å². The first kappa shape index (κ1) is 16.7. The number of rotatable bonds is 7. The van der Waals surface area contributed by atoms with E-state index < -0.39 is 0 Å². The van der Waals surface area contributed by atoms with E-state index in [0.717, 1.165) is 32.1 Å². The van der Waals surface area contributed by atoms with Gasteiger partial charge in [0.05, 0.1) is 19.4 Å². The Kier molecular flexibility index (Phi) is 8.71. The molecule has 0 radical (unpaired) electrons. The number of ether oxygens (including phenoxy) is 3. The molecule has 0 fully saturated rings. The summed E-state index contributed by atoms with van der Waals surface area (Å²) < 4.78 is 15.0. The third kappa shape index (κ3) is 7.94. The smallest absolute Gasteiger partial charge is 0.306 e. The minimum atomic E-state index is -0.389. The number of carbonyl (C=O) groups excluding carboxylic acids is 2. The van der Waals surface area contributed by atoms with E-state index in [4.69, 9.17) is 14.2 Å². The van der Waals surface area contributed by atoms with Gasteiger partial charge in [0.15, 0.2) is 0 Å². The maximum absolute atomic E-state index is 11.7. The van der Waals surface area contributed by atoms with E-state index in [-0.39, 0.29) is 37.5 Å². The van der Waals surface area contributed by atoms with Gasteiger partial charge in [0.25, 0.3) is 0 Å². The molecule has 0 saturated carbocycles. The summed E-state index contributed by atoms with van der Waals surface area (Å²) in [6.07, 6.45) is 9.21. The summed E-state index contributed by atoms with van der Waals surface area (Å²) in [7, 11) is 1.54. The van der Waals surface area contributed by atoms with Gasteiger partial charge in [-0.1, -0.05) is 12.2 Å². The second-order valence-corrected chi connectivity index (χ2v) is 4.80. The number of esters is 2. The summed E-state index contributed by atoms with van der Waals surface area (Å²) in [6, 6.07) is 0. The molecule has 0 spiro atoms. The summed E-state index contributed by atoms with van der Waals surface area (Å²) in [6.45, 7) is 0.588. The van der Waals surface area contributed by atoms with E-state index in [1.165, 1.54) is 7.11 Å². The standard InChI is InChI=1S/C15H24O5/c1-18-11-12-19-14(16)9-10-15(17)20-13-7-5-3-2-4-6-8-13/h2-3,13H,4-12H2,1H3/b3-2-. The second kappa shape index (κ2) is 10.4. The molecule has 0 N–H and O–H groups in total. The number of allylic oxidation sites excluding steroid dienone is 2. The average molecular weight is 284 g/mol. The fourth-order valence-electron chi connectivity index (χ4n) is 2.00. The van der Waals surface area contributed by atoms with Crippen LogP contribution in [0.4, 0.5) is 0 Å². The number of carbonyl (C=O) groups is 2. The van der Waals surface area contributed by atoms with Crippen molar-refractivity contribution in [3.8, 4) is 0 Å². The molecule has 1 unspecified atom stereocenters. The van der Waals surface area contributed by atoms with Crippen molar-refractivity contribution in [2.75, 3.05) is 20.3 Å². The maximum atomic E-state index is 11.7. The van der Waals surface area contributed by atoms with Crippen LogP contribution in [0.3, 0.4) is 0 Å². The first-order valence-corrected chi connectivity index (χ1v) is 7.21. The van der Waals surface area contributed by atoms with Crippen molar-refractivity contribution in [2.45, 2.75) is 51.0 Å². The van der Waals surface area contributed by atoms with Gasteiger partial charge in [-0.3, -0.25) is 9.59 Å². The lowest BCUT2D eigenvalue weighted by atomic mass is 10.0. The number of hydrogen-bond donors (Lipinski definition) is 0. The summed E-state index contributed by atoms with van der Waals surface area (Å²) in [5, 5.41) is 0. The van der Waals surface area contributed by atoms with Gasteiger partial charge in [-0.25, -0.2) is 0 Å². The molecule has 1 aliphatic rings. The van der Waals surface area contributed by atoms with E-state index in [1.807, 2.05) is 0 Å². The van der Waals surface area contributed by atoms with Crippen molar-refractivity contribution >= 4 is 11.9 Å². The highest BCUT2D eigenvalue weighted by atomic mass is 16.6. The molecule has 0 aromatic rings. The fraction of sp³-hybridized carbons (Fsp3) is 0.733. The third-order valence-corrected chi connectivity index (χ3v) is 3.10. The Hall–Kier alpha value is -1.36. The maximum Gasteiger partial charge on any atom is 0.306 e. The molecule has 0 bridgehead atoms. The van der Waals surface area contributed by atoms with Crippen molar-refractivity contribution in [1.29, 1.82) is 0 Å². The molecule has 114 valence electrons. The topological polar surface area (TPSA) is 61.8 Å². The van der Waals surface area contributed by atoms with E-state index in [2.05, 4.69) is 12.2 Å². The lowest BCUT2D eigenvalue weighted by Crippen LogP contribution is -2.20. The molecular weight excluding hydrogens is 260 g/mol. The van der Waals surface area contributed by atoms with Crippen LogP contribution in [0, 0.1) is 0 Å². The minimum Gasteiger partial charge on any atom is -0.463 e. The van der Waals surface area contributed by atoms with Crippen LogP contribution in [0.1, 0.15) is 44.9 Å². The van der Waals surface area contributed by atoms with Gasteiger partial charge in [-0.15, -0.1) is 0 Å². The van der Waals surface area contributed by atoms with Crippen LogP contribution in [-0.4, -0.2) is 38.4 Å². The molecule has 1 rings (SSSR count). The Morgan fingerprint density at radius 1 is 1.05 bits per heavy atom. The molecule has 0 saturated heterocycles. The predicted octanol–water partition coefficient (Wildman–Crippen LogP) is 2.39. The highest BCUT2D eigenvalue weighted by Gasteiger charge is 2.16. The van der Waals surface area contributed by atoms with Crippen molar-refractivity contribution in [1.82, 2.24) is 0 Å². The molecule has 0 aromatic heterocycles. The van der Waals surface area contributed by atoms with Gasteiger partial charge in [0.1, 0.15) is 12.7 Å². The van der Waals surface area contributed by atoms with Gasteiger partial charge >= 0.3 is 11.9 Å². The van der Waals surface area contributed by atoms with Gasteiger partial charge in [-0.05, 0) is 32.1 Å². The zero-order valence-corrected chi connectivity index (χ0v) is 12.1. The van der Waals surface area contributed by atoms with Crippen molar-refractivity contribution in [2.24, 2.45) is 0 Å². The molecule has 5 heteroatoms. The van der Waals surface area contributed by atoms with Crippen LogP contribution in [0.25, 0.3) is 0 Å². The van der Waals surface area contributed by atoms with Crippen molar-refractivity contribution in [3.05, 3.63) is 12.2 Å². The largest absolute Gasteiger partial charge is 0.463 e. The molecule has 0 aliphatic heterocycles. The quantitative estimate of drug-likeness (QED) is 0.408. The molecule has 0 heterocycles. The SMILES string of the molecule is COCCOC(=O)CCC(=O)OC1CC/C=C\CCC1. The Bertz CT molecular complexity index is 324. The Morgan fingerprint density at radius 3 is 2.60 bits per heavy atom. The molecule has 1 atom stereocenters. The van der Waals surface area contributed by atoms with Gasteiger partial charge in [0.2, 0.25) is 0 Å². The van der Waals surface area contributed by atoms with Crippen molar-refractivity contribution in [3.63, 3.8) is 0 Å². The highest BCUT2D eigenvalue weighted by Crippen LogP contribution is 2.16. The monoisotopic (exact) mass is 284 g/mol. The lowest BCUT2D eigenvalue weighted by molar-refractivity contribution is -0.154. The predicted molar refractivity (Wildman–Crippen MR) is 74.2 cm³/mol. The summed E-state index contributed by atoms with van der Waals surface area (Å²) >= 11 is 0. The molecule has 20 heavy (non-hydrogen) atoms. The second-order valence-electron chi connectivity index (χ2n) is 4.80. The molecule has 1 aliphatic carbocycles. The third-order valence-electron chi connectivity index (χ3n) is 3.10. The van der Waals surface area contributed by atoms with Crippen LogP contribution in [-0.2, 0) is 23.8 Å². The van der Waals surface area contributed by atoms with E-state index in [1.54, 1.807) is 0 Å². The molecular formula is C15H24O5. The Morgan fingerprint density at radius 2 is 1.80 bits per heavy atom. The number of methoxy groups -OCH3 is 1. The van der Waals surface area contributed by atoms with E-state index >= 15 is 0 Å². The van der Waals surface area contributed by atoms with Gasteiger partial charge in [0, 0.05) is 7.11 Å². The molecule has 0 amide bonds. The fourth-order valence-corrected chi connectivity index (χ4v) is 2.00. The summed E-state index contributed by atoms with van der Waals surface area (Å²) in [5.74, 6) is -0.706. The van der Waals surface area contributed by atoms with Crippen LogP contribution >= 0.6 is 0 Å². The average Bonchev–Trinajstić information content (AvgIpc) is 2.40. The summed E-state index contributed by atoms with van der Waals surface area (Å²) in [5.41, 5.74) is 0. The minimum absolute atomic E-state index is 0.0167. The van der Waals surface area contributed by atoms with Crippen molar-refractivity contribution < 1.29 is 23.8 Å². The van der Waals surface area contributed by atoms with Gasteiger partial charge in [-0.2, -0.15) is 0 Å². The van der Waals surface area contributed by atoms with Crippen LogP contribution in [0.15, 0.2) is 12.2 Å². The van der Waals surface area contributed by atoms with Crippen LogP contribution in [0.2, 0.25) is 0 Å². The van der Waals surface area contributed by atoms with E-state index in [9.17, 15) is 9.59 Å². The van der Waals surface area contributed by atoms with Gasteiger partial charge < -0.3 is 14.2 Å². The lowest BCUT2D eigenvalue weighted by Gasteiger charge is -2.18. The zero-order valence-electron chi connectivity index (χ0n) is 12.1. The highest BCUT2D eigenvalue weighted by molar-refractivity contribution is 5.77. The Balaban J connectivity index is 2.15. The molecule has 5 nitrogen and oxygen atoms in total. The molecule has 0 aromatic carbocycles. The zero-order chi connectivity index (χ0) is 14.6. The van der Waals surface area contributed by atoms with Crippen LogP contribution < -0.4 is 0 Å². The Labute approximate surface area is 120 Å². The first-order valence-electron chi connectivity index (χ1n) is 7.21. The normalized spacial score (nSPS) is 20.6.